The van der Waals surface area contributed by atoms with Crippen molar-refractivity contribution in [1.82, 2.24) is 0 Å². The Morgan fingerprint density at radius 3 is 2.19 bits per heavy atom. The zero-order valence-electron chi connectivity index (χ0n) is 10.3. The summed E-state index contributed by atoms with van der Waals surface area (Å²) in [6.45, 7) is 0. The van der Waals surface area contributed by atoms with Crippen molar-refractivity contribution in [3.05, 3.63) is 69.7 Å². The van der Waals surface area contributed by atoms with Crippen LogP contribution >= 0.6 is 11.6 Å². The lowest BCUT2D eigenvalue weighted by molar-refractivity contribution is -0.139. The van der Waals surface area contributed by atoms with E-state index in [0.717, 1.165) is 12.1 Å². The summed E-state index contributed by atoms with van der Waals surface area (Å²) in [5.74, 6) is -1.95. The van der Waals surface area contributed by atoms with E-state index in [0.29, 0.717) is 18.2 Å². The summed E-state index contributed by atoms with van der Waals surface area (Å²) in [6, 6.07) is 4.77. The first-order valence-corrected chi connectivity index (χ1v) is 6.07. The molecule has 2 aromatic carbocycles. The number of alkyl halides is 3. The van der Waals surface area contributed by atoms with E-state index in [1.807, 2.05) is 0 Å². The van der Waals surface area contributed by atoms with Gasteiger partial charge in [0.1, 0.15) is 17.7 Å². The molecule has 0 saturated heterocycles. The molecule has 1 nitrogen and oxygen atoms in total. The Morgan fingerprint density at radius 1 is 0.952 bits per heavy atom. The topological polar surface area (TPSA) is 20.2 Å². The Labute approximate surface area is 121 Å². The molecule has 0 aliphatic heterocycles. The summed E-state index contributed by atoms with van der Waals surface area (Å²) in [4.78, 5) is 0. The van der Waals surface area contributed by atoms with E-state index in [1.165, 1.54) is 6.07 Å². The summed E-state index contributed by atoms with van der Waals surface area (Å²) >= 11 is 5.54. The van der Waals surface area contributed by atoms with E-state index < -0.39 is 40.6 Å². The number of aliphatic hydroxyl groups excluding tert-OH is 1. The van der Waals surface area contributed by atoms with Crippen LogP contribution in [-0.2, 0) is 6.18 Å². The SMILES string of the molecule is OC(c1ccc(Cl)cc1F)c1cc(F)ccc1C(F)(F)F. The standard InChI is InChI=1S/C14H8ClF5O/c15-7-1-3-9(12(17)5-7)13(21)10-6-8(16)2-4-11(10)14(18,19)20/h1-6,13,21H. The molecule has 0 bridgehead atoms. The molecule has 2 aromatic rings. The highest BCUT2D eigenvalue weighted by molar-refractivity contribution is 6.30. The maximum Gasteiger partial charge on any atom is 0.416 e. The lowest BCUT2D eigenvalue weighted by Crippen LogP contribution is -2.14. The van der Waals surface area contributed by atoms with E-state index in [2.05, 4.69) is 0 Å². The van der Waals surface area contributed by atoms with Gasteiger partial charge in [-0.15, -0.1) is 0 Å². The van der Waals surface area contributed by atoms with Crippen molar-refractivity contribution in [3.8, 4) is 0 Å². The molecule has 0 saturated carbocycles. The van der Waals surface area contributed by atoms with Gasteiger partial charge in [0.25, 0.3) is 0 Å². The molecule has 112 valence electrons. The normalized spacial score (nSPS) is 13.3. The predicted molar refractivity (Wildman–Crippen MR) is 66.9 cm³/mol. The first-order valence-electron chi connectivity index (χ1n) is 5.70. The van der Waals surface area contributed by atoms with Gasteiger partial charge in [-0.3, -0.25) is 0 Å². The van der Waals surface area contributed by atoms with Crippen LogP contribution in [0, 0.1) is 11.6 Å². The molecule has 21 heavy (non-hydrogen) atoms. The molecule has 0 aliphatic carbocycles. The average Bonchev–Trinajstić information content (AvgIpc) is 2.36. The van der Waals surface area contributed by atoms with Crippen LogP contribution < -0.4 is 0 Å². The van der Waals surface area contributed by atoms with Gasteiger partial charge in [-0.25, -0.2) is 8.78 Å². The monoisotopic (exact) mass is 322 g/mol. The number of benzene rings is 2. The third-order valence-corrected chi connectivity index (χ3v) is 3.11. The van der Waals surface area contributed by atoms with Crippen molar-refractivity contribution >= 4 is 11.6 Å². The highest BCUT2D eigenvalue weighted by Gasteiger charge is 2.36. The van der Waals surface area contributed by atoms with Crippen LogP contribution in [0.1, 0.15) is 22.8 Å². The summed E-state index contributed by atoms with van der Waals surface area (Å²) < 4.78 is 65.5. The van der Waals surface area contributed by atoms with E-state index in [9.17, 15) is 27.1 Å². The number of aliphatic hydroxyl groups is 1. The molecule has 0 heterocycles. The van der Waals surface area contributed by atoms with Crippen molar-refractivity contribution in [1.29, 1.82) is 0 Å². The van der Waals surface area contributed by atoms with Crippen LogP contribution in [0.2, 0.25) is 5.02 Å². The van der Waals surface area contributed by atoms with E-state index in [1.54, 1.807) is 0 Å². The molecule has 1 unspecified atom stereocenters. The summed E-state index contributed by atoms with van der Waals surface area (Å²) in [5.41, 5.74) is -2.41. The van der Waals surface area contributed by atoms with Gasteiger partial charge in [0, 0.05) is 16.1 Å². The molecular weight excluding hydrogens is 315 g/mol. The van der Waals surface area contributed by atoms with Gasteiger partial charge >= 0.3 is 6.18 Å². The second kappa shape index (κ2) is 5.61. The number of hydrogen-bond acceptors (Lipinski definition) is 1. The fraction of sp³-hybridized carbons (Fsp3) is 0.143. The van der Waals surface area contributed by atoms with Crippen LogP contribution in [0.4, 0.5) is 22.0 Å². The van der Waals surface area contributed by atoms with Crippen LogP contribution in [0.15, 0.2) is 36.4 Å². The number of rotatable bonds is 2. The van der Waals surface area contributed by atoms with Crippen LogP contribution in [0.3, 0.4) is 0 Å². The summed E-state index contributed by atoms with van der Waals surface area (Å²) in [7, 11) is 0. The van der Waals surface area contributed by atoms with Gasteiger partial charge in [-0.1, -0.05) is 17.7 Å². The van der Waals surface area contributed by atoms with Crippen molar-refractivity contribution in [2.24, 2.45) is 0 Å². The predicted octanol–water partition coefficient (Wildman–Crippen LogP) is 4.72. The minimum absolute atomic E-state index is 0.0266. The fourth-order valence-electron chi connectivity index (χ4n) is 1.91. The maximum atomic E-state index is 13.7. The molecule has 1 atom stereocenters. The molecule has 1 N–H and O–H groups in total. The zero-order chi connectivity index (χ0) is 15.8. The first kappa shape index (κ1) is 15.7. The van der Waals surface area contributed by atoms with Gasteiger partial charge in [0.05, 0.1) is 5.56 Å². The van der Waals surface area contributed by atoms with Gasteiger partial charge in [0.15, 0.2) is 0 Å². The Morgan fingerprint density at radius 2 is 1.62 bits per heavy atom. The van der Waals surface area contributed by atoms with Crippen molar-refractivity contribution in [3.63, 3.8) is 0 Å². The lowest BCUT2D eigenvalue weighted by Gasteiger charge is -2.18. The van der Waals surface area contributed by atoms with Crippen molar-refractivity contribution in [2.75, 3.05) is 0 Å². The van der Waals surface area contributed by atoms with Gasteiger partial charge in [-0.2, -0.15) is 13.2 Å². The van der Waals surface area contributed by atoms with Crippen molar-refractivity contribution in [2.45, 2.75) is 12.3 Å². The van der Waals surface area contributed by atoms with Crippen LogP contribution in [0.25, 0.3) is 0 Å². The van der Waals surface area contributed by atoms with Crippen LogP contribution in [0.5, 0.6) is 0 Å². The number of halogens is 6. The van der Waals surface area contributed by atoms with Gasteiger partial charge in [0.2, 0.25) is 0 Å². The molecule has 0 aliphatic rings. The fourth-order valence-corrected chi connectivity index (χ4v) is 2.07. The molecule has 0 fully saturated rings. The quantitative estimate of drug-likeness (QED) is 0.793. The zero-order valence-corrected chi connectivity index (χ0v) is 11.0. The van der Waals surface area contributed by atoms with E-state index in [4.69, 9.17) is 11.6 Å². The third kappa shape index (κ3) is 3.33. The smallest absolute Gasteiger partial charge is 0.384 e. The van der Waals surface area contributed by atoms with E-state index in [-0.39, 0.29) is 5.02 Å². The molecule has 2 rings (SSSR count). The van der Waals surface area contributed by atoms with Crippen LogP contribution in [-0.4, -0.2) is 5.11 Å². The highest BCUT2D eigenvalue weighted by Crippen LogP contribution is 2.37. The Bertz CT molecular complexity index is 669. The van der Waals surface area contributed by atoms with Gasteiger partial charge in [-0.05, 0) is 30.3 Å². The second-order valence-corrected chi connectivity index (χ2v) is 4.73. The molecule has 0 radical (unpaired) electrons. The third-order valence-electron chi connectivity index (χ3n) is 2.87. The minimum Gasteiger partial charge on any atom is -0.384 e. The molecule has 0 aromatic heterocycles. The second-order valence-electron chi connectivity index (χ2n) is 4.30. The molecule has 7 heteroatoms. The highest BCUT2D eigenvalue weighted by atomic mass is 35.5. The summed E-state index contributed by atoms with van der Waals surface area (Å²) in [5, 5.41) is 10.0. The first-order chi connectivity index (χ1) is 9.70. The average molecular weight is 323 g/mol. The minimum atomic E-state index is -4.80. The Kier molecular flexibility index (Phi) is 4.20. The number of hydrogen-bond donors (Lipinski definition) is 1. The lowest BCUT2D eigenvalue weighted by atomic mass is 9.96. The molecule has 0 amide bonds. The molecule has 0 spiro atoms. The summed E-state index contributed by atoms with van der Waals surface area (Å²) in [6.07, 6.45) is -6.76. The Hall–Kier alpha value is -1.66. The largest absolute Gasteiger partial charge is 0.416 e. The molecular formula is C14H8ClF5O. The van der Waals surface area contributed by atoms with E-state index >= 15 is 0 Å². The maximum absolute atomic E-state index is 13.7. The van der Waals surface area contributed by atoms with Gasteiger partial charge < -0.3 is 5.11 Å². The van der Waals surface area contributed by atoms with Crippen molar-refractivity contribution < 1.29 is 27.1 Å². The Balaban J connectivity index is 2.57.